The van der Waals surface area contributed by atoms with Crippen LogP contribution >= 0.6 is 0 Å². The fourth-order valence-electron chi connectivity index (χ4n) is 2.42. The lowest BCUT2D eigenvalue weighted by Crippen LogP contribution is -2.09. The molecule has 0 saturated heterocycles. The predicted octanol–water partition coefficient (Wildman–Crippen LogP) is 2.12. The molecule has 5 heteroatoms. The molecule has 102 valence electrons. The summed E-state index contributed by atoms with van der Waals surface area (Å²) in [4.78, 5) is 4.62. The van der Waals surface area contributed by atoms with E-state index in [1.165, 1.54) is 0 Å². The highest BCUT2D eigenvalue weighted by atomic mass is 16.3. The summed E-state index contributed by atoms with van der Waals surface area (Å²) < 4.78 is 2.13. The van der Waals surface area contributed by atoms with E-state index in [0.29, 0.717) is 6.42 Å². The first-order chi connectivity index (χ1) is 9.79. The van der Waals surface area contributed by atoms with Gasteiger partial charge in [0.15, 0.2) is 0 Å². The van der Waals surface area contributed by atoms with Crippen LogP contribution in [0.25, 0.3) is 11.0 Å². The summed E-state index contributed by atoms with van der Waals surface area (Å²) in [5.74, 6) is 0.887. The highest BCUT2D eigenvalue weighted by molar-refractivity contribution is 5.75. The minimum atomic E-state index is -0.618. The monoisotopic (exact) mass is 268 g/mol. The van der Waals surface area contributed by atoms with E-state index in [1.54, 1.807) is 18.5 Å². The van der Waals surface area contributed by atoms with Gasteiger partial charge in [-0.25, -0.2) is 4.98 Å². The van der Waals surface area contributed by atoms with Crippen molar-refractivity contribution in [1.82, 2.24) is 19.7 Å². The van der Waals surface area contributed by atoms with Crippen LogP contribution in [0.5, 0.6) is 0 Å². The van der Waals surface area contributed by atoms with Crippen LogP contribution in [0.15, 0.2) is 42.7 Å². The van der Waals surface area contributed by atoms with Crippen molar-refractivity contribution >= 4 is 11.0 Å². The average molecular weight is 268 g/mol. The molecule has 0 amide bonds. The van der Waals surface area contributed by atoms with E-state index in [4.69, 9.17) is 0 Å². The molecule has 0 bridgehead atoms. The Bertz CT molecular complexity index is 708. The molecule has 1 N–H and O–H groups in total. The maximum Gasteiger partial charge on any atom is 0.112 e. The summed E-state index contributed by atoms with van der Waals surface area (Å²) in [6.07, 6.45) is 3.02. The first-order valence-corrected chi connectivity index (χ1v) is 6.68. The quantitative estimate of drug-likeness (QED) is 0.787. The number of fused-ring (bicyclic) bond motifs is 1. The molecule has 0 saturated carbocycles. The normalized spacial score (nSPS) is 12.7. The molecule has 0 aliphatic rings. The first kappa shape index (κ1) is 12.7. The van der Waals surface area contributed by atoms with Crippen molar-refractivity contribution in [3.05, 3.63) is 54.1 Å². The Hall–Kier alpha value is -2.27. The second-order valence-corrected chi connectivity index (χ2v) is 4.66. The maximum absolute atomic E-state index is 10.3. The van der Waals surface area contributed by atoms with Crippen LogP contribution in [0.2, 0.25) is 0 Å². The lowest BCUT2D eigenvalue weighted by atomic mass is 10.1. The second-order valence-electron chi connectivity index (χ2n) is 4.66. The minimum absolute atomic E-state index is 0.466. The molecule has 3 aromatic rings. The van der Waals surface area contributed by atoms with Crippen LogP contribution in [0, 0.1) is 0 Å². The average Bonchev–Trinajstić information content (AvgIpc) is 2.85. The molecular formula is C15H16N4O. The third kappa shape index (κ3) is 2.28. The molecule has 2 heterocycles. The molecule has 2 aromatic heterocycles. The van der Waals surface area contributed by atoms with Gasteiger partial charge < -0.3 is 9.67 Å². The zero-order chi connectivity index (χ0) is 13.9. The topological polar surface area (TPSA) is 63.8 Å². The SMILES string of the molecule is CCn1c(CC(O)c2ccnnc2)nc2ccccc21. The fourth-order valence-corrected chi connectivity index (χ4v) is 2.42. The molecule has 0 radical (unpaired) electrons. The number of aliphatic hydroxyl groups is 1. The predicted molar refractivity (Wildman–Crippen MR) is 76.1 cm³/mol. The number of aryl methyl sites for hydroxylation is 1. The number of para-hydroxylation sites is 2. The van der Waals surface area contributed by atoms with E-state index in [-0.39, 0.29) is 0 Å². The smallest absolute Gasteiger partial charge is 0.112 e. The summed E-state index contributed by atoms with van der Waals surface area (Å²) in [6, 6.07) is 9.79. The molecule has 1 atom stereocenters. The Labute approximate surface area is 116 Å². The largest absolute Gasteiger partial charge is 0.388 e. The van der Waals surface area contributed by atoms with Gasteiger partial charge in [-0.05, 0) is 25.1 Å². The van der Waals surface area contributed by atoms with E-state index in [1.807, 2.05) is 18.2 Å². The maximum atomic E-state index is 10.3. The van der Waals surface area contributed by atoms with Gasteiger partial charge in [-0.3, -0.25) is 0 Å². The number of hydrogen-bond acceptors (Lipinski definition) is 4. The van der Waals surface area contributed by atoms with Crippen LogP contribution in [0.1, 0.15) is 24.4 Å². The Balaban J connectivity index is 1.94. The number of aliphatic hydroxyl groups excluding tert-OH is 1. The molecule has 0 aliphatic carbocycles. The zero-order valence-electron chi connectivity index (χ0n) is 11.3. The van der Waals surface area contributed by atoms with E-state index in [0.717, 1.165) is 29.0 Å². The van der Waals surface area contributed by atoms with Crippen molar-refractivity contribution in [2.45, 2.75) is 26.0 Å². The van der Waals surface area contributed by atoms with Crippen LogP contribution in [-0.2, 0) is 13.0 Å². The standard InChI is InChI=1S/C15H16N4O/c1-2-19-13-6-4-3-5-12(13)18-15(19)9-14(20)11-7-8-16-17-10-11/h3-8,10,14,20H,2,9H2,1H3. The van der Waals surface area contributed by atoms with Gasteiger partial charge in [-0.2, -0.15) is 10.2 Å². The second kappa shape index (κ2) is 5.38. The van der Waals surface area contributed by atoms with Gasteiger partial charge in [-0.15, -0.1) is 0 Å². The van der Waals surface area contributed by atoms with Gasteiger partial charge in [0.25, 0.3) is 0 Å². The molecular weight excluding hydrogens is 252 g/mol. The first-order valence-electron chi connectivity index (χ1n) is 6.68. The molecule has 5 nitrogen and oxygen atoms in total. The van der Waals surface area contributed by atoms with Crippen molar-refractivity contribution in [1.29, 1.82) is 0 Å². The third-order valence-electron chi connectivity index (χ3n) is 3.42. The van der Waals surface area contributed by atoms with Crippen molar-refractivity contribution in [3.8, 4) is 0 Å². The van der Waals surface area contributed by atoms with Crippen LogP contribution in [-0.4, -0.2) is 24.9 Å². The molecule has 3 rings (SSSR count). The van der Waals surface area contributed by atoms with Crippen LogP contribution in [0.3, 0.4) is 0 Å². The third-order valence-corrected chi connectivity index (χ3v) is 3.42. The molecule has 1 aromatic carbocycles. The van der Waals surface area contributed by atoms with E-state index in [2.05, 4.69) is 32.7 Å². The molecule has 0 spiro atoms. The number of benzene rings is 1. The molecule has 0 aliphatic heterocycles. The Morgan fingerprint density at radius 3 is 2.80 bits per heavy atom. The van der Waals surface area contributed by atoms with Gasteiger partial charge in [-0.1, -0.05) is 12.1 Å². The molecule has 1 unspecified atom stereocenters. The zero-order valence-corrected chi connectivity index (χ0v) is 11.3. The highest BCUT2D eigenvalue weighted by Crippen LogP contribution is 2.21. The number of nitrogens with zero attached hydrogens (tertiary/aromatic N) is 4. The summed E-state index contributed by atoms with van der Waals surface area (Å²) in [5.41, 5.74) is 2.82. The Morgan fingerprint density at radius 1 is 1.20 bits per heavy atom. The highest BCUT2D eigenvalue weighted by Gasteiger charge is 2.15. The van der Waals surface area contributed by atoms with E-state index >= 15 is 0 Å². The fraction of sp³-hybridized carbons (Fsp3) is 0.267. The van der Waals surface area contributed by atoms with E-state index in [9.17, 15) is 5.11 Å². The molecule has 20 heavy (non-hydrogen) atoms. The lowest BCUT2D eigenvalue weighted by Gasteiger charge is -2.11. The van der Waals surface area contributed by atoms with Gasteiger partial charge in [0, 0.05) is 24.7 Å². The Kier molecular flexibility index (Phi) is 3.43. The number of rotatable bonds is 4. The summed E-state index contributed by atoms with van der Waals surface area (Å²) in [7, 11) is 0. The van der Waals surface area contributed by atoms with Gasteiger partial charge in [0.2, 0.25) is 0 Å². The van der Waals surface area contributed by atoms with E-state index < -0.39 is 6.10 Å². The van der Waals surface area contributed by atoms with Crippen molar-refractivity contribution in [3.63, 3.8) is 0 Å². The lowest BCUT2D eigenvalue weighted by molar-refractivity contribution is 0.174. The van der Waals surface area contributed by atoms with Crippen molar-refractivity contribution in [2.24, 2.45) is 0 Å². The van der Waals surface area contributed by atoms with Crippen LogP contribution < -0.4 is 0 Å². The number of aromatic nitrogens is 4. The molecule has 0 fully saturated rings. The van der Waals surface area contributed by atoms with Gasteiger partial charge in [0.05, 0.1) is 23.3 Å². The summed E-state index contributed by atoms with van der Waals surface area (Å²) >= 11 is 0. The number of hydrogen-bond donors (Lipinski definition) is 1. The summed E-state index contributed by atoms with van der Waals surface area (Å²) in [5, 5.41) is 17.8. The van der Waals surface area contributed by atoms with Crippen molar-refractivity contribution in [2.75, 3.05) is 0 Å². The van der Waals surface area contributed by atoms with Crippen molar-refractivity contribution < 1.29 is 5.11 Å². The number of imidazole rings is 1. The van der Waals surface area contributed by atoms with Gasteiger partial charge in [0.1, 0.15) is 5.82 Å². The van der Waals surface area contributed by atoms with Gasteiger partial charge >= 0.3 is 0 Å². The Morgan fingerprint density at radius 2 is 2.05 bits per heavy atom. The summed E-state index contributed by atoms with van der Waals surface area (Å²) in [6.45, 7) is 2.91. The minimum Gasteiger partial charge on any atom is -0.388 e. The van der Waals surface area contributed by atoms with Crippen LogP contribution in [0.4, 0.5) is 0 Å².